The second-order valence-electron chi connectivity index (χ2n) is 6.27. The highest BCUT2D eigenvalue weighted by molar-refractivity contribution is 6.31. The summed E-state index contributed by atoms with van der Waals surface area (Å²) in [6.45, 7) is 4.25. The molecule has 2 N–H and O–H groups in total. The highest BCUT2D eigenvalue weighted by Crippen LogP contribution is 2.17. The van der Waals surface area contributed by atoms with E-state index in [1.165, 1.54) is 0 Å². The third-order valence-electron chi connectivity index (χ3n) is 4.13. The van der Waals surface area contributed by atoms with Gasteiger partial charge in [0.25, 0.3) is 5.91 Å². The maximum absolute atomic E-state index is 12.6. The van der Waals surface area contributed by atoms with Crippen molar-refractivity contribution in [2.45, 2.75) is 26.4 Å². The van der Waals surface area contributed by atoms with Crippen LogP contribution in [0, 0.1) is 6.92 Å². The van der Waals surface area contributed by atoms with Crippen molar-refractivity contribution in [3.05, 3.63) is 88.2 Å². The molecule has 0 fully saturated rings. The zero-order chi connectivity index (χ0) is 19.2. The van der Waals surface area contributed by atoms with Gasteiger partial charge in [0.2, 0.25) is 5.95 Å². The van der Waals surface area contributed by atoms with E-state index in [0.717, 1.165) is 11.1 Å². The number of halogens is 1. The molecule has 0 radical (unpaired) electrons. The molecule has 6 heteroatoms. The lowest BCUT2D eigenvalue weighted by atomic mass is 10.1. The molecule has 3 rings (SSSR count). The second-order valence-corrected chi connectivity index (χ2v) is 6.68. The van der Waals surface area contributed by atoms with Gasteiger partial charge >= 0.3 is 0 Å². The smallest absolute Gasteiger partial charge is 0.270 e. The molecule has 2 aromatic carbocycles. The first kappa shape index (κ1) is 18.9. The van der Waals surface area contributed by atoms with Crippen molar-refractivity contribution >= 4 is 23.5 Å². The van der Waals surface area contributed by atoms with Crippen LogP contribution in [0.1, 0.15) is 40.3 Å². The number of aryl methyl sites for hydroxylation is 1. The van der Waals surface area contributed by atoms with Gasteiger partial charge in [-0.25, -0.2) is 9.97 Å². The third kappa shape index (κ3) is 5.05. The quantitative estimate of drug-likeness (QED) is 0.658. The molecule has 0 aliphatic heterocycles. The normalized spacial score (nSPS) is 11.7. The van der Waals surface area contributed by atoms with Crippen molar-refractivity contribution in [1.29, 1.82) is 0 Å². The number of amides is 1. The van der Waals surface area contributed by atoms with E-state index in [4.69, 9.17) is 11.6 Å². The van der Waals surface area contributed by atoms with Crippen LogP contribution in [0.3, 0.4) is 0 Å². The van der Waals surface area contributed by atoms with Crippen molar-refractivity contribution in [2.75, 3.05) is 5.32 Å². The van der Waals surface area contributed by atoms with E-state index in [1.807, 2.05) is 68.4 Å². The zero-order valence-electron chi connectivity index (χ0n) is 15.2. The third-order valence-corrected chi connectivity index (χ3v) is 4.50. The molecule has 0 bridgehead atoms. The Kier molecular flexibility index (Phi) is 6.04. The number of hydrogen-bond acceptors (Lipinski definition) is 4. The number of anilines is 1. The SMILES string of the molecule is Cc1cc(C(=O)NC(C)c2ccccc2)nc(NCc2ccccc2Cl)n1. The van der Waals surface area contributed by atoms with Crippen LogP contribution in [-0.4, -0.2) is 15.9 Å². The van der Waals surface area contributed by atoms with E-state index >= 15 is 0 Å². The average molecular weight is 381 g/mol. The predicted molar refractivity (Wildman–Crippen MR) is 108 cm³/mol. The fourth-order valence-electron chi connectivity index (χ4n) is 2.68. The number of hydrogen-bond donors (Lipinski definition) is 2. The van der Waals surface area contributed by atoms with Crippen molar-refractivity contribution in [3.63, 3.8) is 0 Å². The topological polar surface area (TPSA) is 66.9 Å². The van der Waals surface area contributed by atoms with Gasteiger partial charge in [0.1, 0.15) is 5.69 Å². The largest absolute Gasteiger partial charge is 0.350 e. The Hall–Kier alpha value is -2.92. The summed E-state index contributed by atoms with van der Waals surface area (Å²) in [5, 5.41) is 6.78. The van der Waals surface area contributed by atoms with Gasteiger partial charge in [-0.1, -0.05) is 60.1 Å². The Morgan fingerprint density at radius 3 is 2.52 bits per heavy atom. The Bertz CT molecular complexity index is 930. The van der Waals surface area contributed by atoms with Gasteiger partial charge in [-0.2, -0.15) is 0 Å². The molecule has 1 unspecified atom stereocenters. The highest BCUT2D eigenvalue weighted by Gasteiger charge is 2.14. The summed E-state index contributed by atoms with van der Waals surface area (Å²) in [4.78, 5) is 21.3. The Morgan fingerprint density at radius 2 is 1.78 bits per heavy atom. The molecule has 1 amide bonds. The lowest BCUT2D eigenvalue weighted by Gasteiger charge is -2.14. The number of carbonyl (C=O) groups is 1. The van der Waals surface area contributed by atoms with Gasteiger partial charge in [-0.05, 0) is 37.1 Å². The lowest BCUT2D eigenvalue weighted by Crippen LogP contribution is -2.28. The van der Waals surface area contributed by atoms with Gasteiger partial charge < -0.3 is 10.6 Å². The minimum absolute atomic E-state index is 0.117. The maximum Gasteiger partial charge on any atom is 0.270 e. The van der Waals surface area contributed by atoms with Crippen LogP contribution in [0.5, 0.6) is 0 Å². The van der Waals surface area contributed by atoms with Crippen LogP contribution in [0.15, 0.2) is 60.7 Å². The van der Waals surface area contributed by atoms with Crippen molar-refractivity contribution in [3.8, 4) is 0 Å². The summed E-state index contributed by atoms with van der Waals surface area (Å²) in [5.74, 6) is 0.157. The summed E-state index contributed by atoms with van der Waals surface area (Å²) in [6.07, 6.45) is 0. The zero-order valence-corrected chi connectivity index (χ0v) is 16.0. The first-order valence-electron chi connectivity index (χ1n) is 8.71. The number of nitrogens with zero attached hydrogens (tertiary/aromatic N) is 2. The van der Waals surface area contributed by atoms with Crippen LogP contribution in [0.4, 0.5) is 5.95 Å². The van der Waals surface area contributed by atoms with Crippen LogP contribution in [0.2, 0.25) is 5.02 Å². The van der Waals surface area contributed by atoms with E-state index in [0.29, 0.717) is 28.9 Å². The Labute approximate surface area is 163 Å². The fourth-order valence-corrected chi connectivity index (χ4v) is 2.88. The van der Waals surface area contributed by atoms with Crippen LogP contribution < -0.4 is 10.6 Å². The van der Waals surface area contributed by atoms with E-state index < -0.39 is 0 Å². The summed E-state index contributed by atoms with van der Waals surface area (Å²) >= 11 is 6.17. The molecule has 0 aliphatic carbocycles. The molecule has 5 nitrogen and oxygen atoms in total. The van der Waals surface area contributed by atoms with Crippen LogP contribution in [0.25, 0.3) is 0 Å². The molecule has 1 aromatic heterocycles. The monoisotopic (exact) mass is 380 g/mol. The molecule has 1 atom stereocenters. The molecule has 1 heterocycles. The van der Waals surface area contributed by atoms with Gasteiger partial charge in [0.05, 0.1) is 6.04 Å². The van der Waals surface area contributed by atoms with Crippen molar-refractivity contribution in [2.24, 2.45) is 0 Å². The van der Waals surface area contributed by atoms with Crippen molar-refractivity contribution in [1.82, 2.24) is 15.3 Å². The second kappa shape index (κ2) is 8.64. The molecule has 3 aromatic rings. The van der Waals surface area contributed by atoms with Gasteiger partial charge in [0, 0.05) is 17.3 Å². The molecule has 0 saturated carbocycles. The number of rotatable bonds is 6. The number of nitrogens with one attached hydrogen (secondary N) is 2. The van der Waals surface area contributed by atoms with E-state index in [1.54, 1.807) is 6.07 Å². The maximum atomic E-state index is 12.6. The first-order chi connectivity index (χ1) is 13.0. The number of benzene rings is 2. The van der Waals surface area contributed by atoms with E-state index in [-0.39, 0.29) is 11.9 Å². The van der Waals surface area contributed by atoms with Gasteiger partial charge in [-0.3, -0.25) is 4.79 Å². The summed E-state index contributed by atoms with van der Waals surface area (Å²) in [5.41, 5.74) is 3.01. The van der Waals surface area contributed by atoms with Crippen molar-refractivity contribution < 1.29 is 4.79 Å². The van der Waals surface area contributed by atoms with Gasteiger partial charge in [-0.15, -0.1) is 0 Å². The number of aromatic nitrogens is 2. The Balaban J connectivity index is 1.71. The summed E-state index contributed by atoms with van der Waals surface area (Å²) in [7, 11) is 0. The molecule has 27 heavy (non-hydrogen) atoms. The lowest BCUT2D eigenvalue weighted by molar-refractivity contribution is 0.0934. The molecule has 138 valence electrons. The standard InChI is InChI=1S/C21H21ClN4O/c1-14-12-19(20(27)25-15(2)16-8-4-3-5-9-16)26-21(24-14)23-13-17-10-6-7-11-18(17)22/h3-12,15H,13H2,1-2H3,(H,25,27)(H,23,24,26). The Morgan fingerprint density at radius 1 is 1.07 bits per heavy atom. The molecule has 0 spiro atoms. The van der Waals surface area contributed by atoms with Crippen LogP contribution >= 0.6 is 11.6 Å². The summed E-state index contributed by atoms with van der Waals surface area (Å²) < 4.78 is 0. The molecule has 0 saturated heterocycles. The predicted octanol–water partition coefficient (Wildman–Crippen LogP) is 4.54. The van der Waals surface area contributed by atoms with Gasteiger partial charge in [0.15, 0.2) is 0 Å². The number of carbonyl (C=O) groups excluding carboxylic acids is 1. The fraction of sp³-hybridized carbons (Fsp3) is 0.190. The molecular formula is C21H21ClN4O. The average Bonchev–Trinajstić information content (AvgIpc) is 2.67. The molecule has 0 aliphatic rings. The minimum Gasteiger partial charge on any atom is -0.350 e. The summed E-state index contributed by atoms with van der Waals surface area (Å²) in [6, 6.07) is 18.9. The van der Waals surface area contributed by atoms with E-state index in [9.17, 15) is 4.79 Å². The van der Waals surface area contributed by atoms with Crippen LogP contribution in [-0.2, 0) is 6.54 Å². The highest BCUT2D eigenvalue weighted by atomic mass is 35.5. The molecular weight excluding hydrogens is 360 g/mol. The van der Waals surface area contributed by atoms with E-state index in [2.05, 4.69) is 20.6 Å². The first-order valence-corrected chi connectivity index (χ1v) is 9.09. The minimum atomic E-state index is -0.238.